The van der Waals surface area contributed by atoms with Gasteiger partial charge in [0.2, 0.25) is 5.91 Å². The van der Waals surface area contributed by atoms with Crippen LogP contribution < -0.4 is 5.32 Å². The lowest BCUT2D eigenvalue weighted by Crippen LogP contribution is -2.27. The van der Waals surface area contributed by atoms with E-state index >= 15 is 0 Å². The zero-order valence-electron chi connectivity index (χ0n) is 17.2. The van der Waals surface area contributed by atoms with Crippen molar-refractivity contribution in [1.29, 1.82) is 0 Å². The molecule has 0 saturated heterocycles. The molecule has 0 aliphatic heterocycles. The van der Waals surface area contributed by atoms with Crippen LogP contribution >= 0.6 is 0 Å². The number of carbonyl (C=O) groups excluding carboxylic acids is 1. The lowest BCUT2D eigenvalue weighted by atomic mass is 10.0. The minimum absolute atomic E-state index is 0.0607. The largest absolute Gasteiger partial charge is 0.350 e. The molecule has 154 valence electrons. The van der Waals surface area contributed by atoms with Crippen LogP contribution in [0.3, 0.4) is 0 Å². The summed E-state index contributed by atoms with van der Waals surface area (Å²) in [5.41, 5.74) is 5.21. The number of halogens is 1. The predicted molar refractivity (Wildman–Crippen MR) is 112 cm³/mol. The molecule has 0 unspecified atom stereocenters. The number of benzene rings is 1. The number of carbonyl (C=O) groups is 1. The summed E-state index contributed by atoms with van der Waals surface area (Å²) in [6, 6.07) is 8.19. The van der Waals surface area contributed by atoms with Crippen LogP contribution in [0, 0.1) is 19.7 Å². The van der Waals surface area contributed by atoms with Gasteiger partial charge in [0.1, 0.15) is 12.4 Å². The molecule has 0 fully saturated rings. The second kappa shape index (κ2) is 8.06. The van der Waals surface area contributed by atoms with Gasteiger partial charge in [0.25, 0.3) is 0 Å². The van der Waals surface area contributed by atoms with Gasteiger partial charge in [-0.1, -0.05) is 12.1 Å². The van der Waals surface area contributed by atoms with Crippen LogP contribution in [0.5, 0.6) is 0 Å². The van der Waals surface area contributed by atoms with Gasteiger partial charge < -0.3 is 5.32 Å². The standard InChI is InChI=1S/C22H23FN6O/c1-4-28-15(3)17(12-26-28)11-25-20(30)13-29-22-21(14(2)27-29)19(9-10-24-22)16-5-7-18(23)8-6-16/h5-10,12H,4,11,13H2,1-3H3,(H,25,30). The van der Waals surface area contributed by atoms with E-state index in [2.05, 4.69) is 20.5 Å². The van der Waals surface area contributed by atoms with Gasteiger partial charge in [0.15, 0.2) is 5.65 Å². The molecule has 30 heavy (non-hydrogen) atoms. The second-order valence-electron chi connectivity index (χ2n) is 7.15. The van der Waals surface area contributed by atoms with Crippen molar-refractivity contribution in [3.63, 3.8) is 0 Å². The number of nitrogens with one attached hydrogen (secondary N) is 1. The number of aryl methyl sites for hydroxylation is 2. The molecule has 0 aliphatic carbocycles. The Morgan fingerprint density at radius 2 is 1.90 bits per heavy atom. The zero-order chi connectivity index (χ0) is 21.3. The molecule has 3 heterocycles. The molecule has 7 nitrogen and oxygen atoms in total. The van der Waals surface area contributed by atoms with Crippen molar-refractivity contribution in [1.82, 2.24) is 29.9 Å². The van der Waals surface area contributed by atoms with Gasteiger partial charge in [-0.05, 0) is 50.1 Å². The van der Waals surface area contributed by atoms with Crippen LogP contribution in [-0.2, 0) is 24.4 Å². The zero-order valence-corrected chi connectivity index (χ0v) is 17.2. The highest BCUT2D eigenvalue weighted by Gasteiger charge is 2.16. The van der Waals surface area contributed by atoms with Crippen molar-refractivity contribution in [3.8, 4) is 11.1 Å². The van der Waals surface area contributed by atoms with E-state index in [-0.39, 0.29) is 18.3 Å². The lowest BCUT2D eigenvalue weighted by Gasteiger charge is -2.07. The summed E-state index contributed by atoms with van der Waals surface area (Å²) < 4.78 is 16.8. The Hall–Kier alpha value is -3.55. The van der Waals surface area contributed by atoms with Crippen molar-refractivity contribution in [3.05, 3.63) is 65.5 Å². The Labute approximate surface area is 173 Å². The molecule has 1 aromatic carbocycles. The molecule has 0 bridgehead atoms. The fraction of sp³-hybridized carbons (Fsp3) is 0.273. The maximum Gasteiger partial charge on any atom is 0.242 e. The summed E-state index contributed by atoms with van der Waals surface area (Å²) >= 11 is 0. The third kappa shape index (κ3) is 3.68. The first-order valence-corrected chi connectivity index (χ1v) is 9.84. The van der Waals surface area contributed by atoms with Gasteiger partial charge in [-0.2, -0.15) is 10.2 Å². The van der Waals surface area contributed by atoms with Crippen LogP contribution in [0.15, 0.2) is 42.7 Å². The van der Waals surface area contributed by atoms with Gasteiger partial charge in [0, 0.05) is 35.9 Å². The fourth-order valence-electron chi connectivity index (χ4n) is 3.63. The Morgan fingerprint density at radius 1 is 1.13 bits per heavy atom. The van der Waals surface area contributed by atoms with Crippen molar-refractivity contribution in [2.45, 2.75) is 40.4 Å². The lowest BCUT2D eigenvalue weighted by molar-refractivity contribution is -0.121. The number of hydrogen-bond donors (Lipinski definition) is 1. The molecule has 0 saturated carbocycles. The van der Waals surface area contributed by atoms with Gasteiger partial charge in [-0.3, -0.25) is 9.48 Å². The number of rotatable bonds is 6. The van der Waals surface area contributed by atoms with E-state index in [4.69, 9.17) is 0 Å². The van der Waals surface area contributed by atoms with Crippen molar-refractivity contribution < 1.29 is 9.18 Å². The number of hydrogen-bond acceptors (Lipinski definition) is 4. The van der Waals surface area contributed by atoms with Crippen molar-refractivity contribution in [2.75, 3.05) is 0 Å². The summed E-state index contributed by atoms with van der Waals surface area (Å²) in [4.78, 5) is 17.0. The van der Waals surface area contributed by atoms with E-state index in [0.717, 1.165) is 40.0 Å². The minimum Gasteiger partial charge on any atom is -0.350 e. The summed E-state index contributed by atoms with van der Waals surface area (Å²) in [6.45, 7) is 7.17. The topological polar surface area (TPSA) is 77.6 Å². The Balaban J connectivity index is 1.56. The second-order valence-corrected chi connectivity index (χ2v) is 7.15. The molecule has 8 heteroatoms. The van der Waals surface area contributed by atoms with E-state index in [1.54, 1.807) is 29.2 Å². The highest BCUT2D eigenvalue weighted by molar-refractivity contribution is 5.95. The first kappa shape index (κ1) is 19.8. The highest BCUT2D eigenvalue weighted by atomic mass is 19.1. The minimum atomic E-state index is -0.284. The monoisotopic (exact) mass is 406 g/mol. The smallest absolute Gasteiger partial charge is 0.242 e. The van der Waals surface area contributed by atoms with E-state index in [0.29, 0.717) is 12.2 Å². The maximum absolute atomic E-state index is 13.3. The fourth-order valence-corrected chi connectivity index (χ4v) is 3.63. The Kier molecular flexibility index (Phi) is 5.31. The van der Waals surface area contributed by atoms with Crippen molar-refractivity contribution in [2.24, 2.45) is 0 Å². The molecule has 0 radical (unpaired) electrons. The molecule has 0 spiro atoms. The molecule has 1 N–H and O–H groups in total. The van der Waals surface area contributed by atoms with Crippen molar-refractivity contribution >= 4 is 16.9 Å². The first-order valence-electron chi connectivity index (χ1n) is 9.84. The molecule has 0 aliphatic rings. The summed E-state index contributed by atoms with van der Waals surface area (Å²) in [5.74, 6) is -0.440. The number of amides is 1. The van der Waals surface area contributed by atoms with Gasteiger partial charge in [-0.25, -0.2) is 14.1 Å². The predicted octanol–water partition coefficient (Wildman–Crippen LogP) is 3.39. The third-order valence-electron chi connectivity index (χ3n) is 5.24. The molecule has 3 aromatic heterocycles. The highest BCUT2D eigenvalue weighted by Crippen LogP contribution is 2.29. The third-order valence-corrected chi connectivity index (χ3v) is 5.24. The average molecular weight is 406 g/mol. The molecule has 0 atom stereocenters. The Bertz CT molecular complexity index is 1210. The average Bonchev–Trinajstić information content (AvgIpc) is 3.26. The molecule has 4 rings (SSSR count). The SMILES string of the molecule is CCn1ncc(CNC(=O)Cn2nc(C)c3c(-c4ccc(F)cc4)ccnc32)c1C. The van der Waals surface area contributed by atoms with Gasteiger partial charge >= 0.3 is 0 Å². The van der Waals surface area contributed by atoms with E-state index < -0.39 is 0 Å². The summed E-state index contributed by atoms with van der Waals surface area (Å²) in [7, 11) is 0. The summed E-state index contributed by atoms with van der Waals surface area (Å²) in [5, 5.41) is 12.6. The number of nitrogens with zero attached hydrogens (tertiary/aromatic N) is 5. The van der Waals surface area contributed by atoms with Crippen LogP contribution in [0.4, 0.5) is 4.39 Å². The molecule has 1 amide bonds. The van der Waals surface area contributed by atoms with Crippen LogP contribution in [0.25, 0.3) is 22.2 Å². The maximum atomic E-state index is 13.3. The number of pyridine rings is 1. The molecular weight excluding hydrogens is 383 g/mol. The van der Waals surface area contributed by atoms with Crippen LogP contribution in [0.2, 0.25) is 0 Å². The molecule has 4 aromatic rings. The Morgan fingerprint density at radius 3 is 2.60 bits per heavy atom. The van der Waals surface area contributed by atoms with E-state index in [9.17, 15) is 9.18 Å². The van der Waals surface area contributed by atoms with Crippen LogP contribution in [0.1, 0.15) is 23.9 Å². The summed E-state index contributed by atoms with van der Waals surface area (Å²) in [6.07, 6.45) is 3.46. The number of aromatic nitrogens is 5. The quantitative estimate of drug-likeness (QED) is 0.532. The first-order chi connectivity index (χ1) is 14.5. The van der Waals surface area contributed by atoms with Gasteiger partial charge in [-0.15, -0.1) is 0 Å². The molecular formula is C22H23FN6O. The normalized spacial score (nSPS) is 11.2. The van der Waals surface area contributed by atoms with Gasteiger partial charge in [0.05, 0.1) is 11.9 Å². The van der Waals surface area contributed by atoms with E-state index in [1.807, 2.05) is 31.5 Å². The number of fused-ring (bicyclic) bond motifs is 1. The van der Waals surface area contributed by atoms with Crippen LogP contribution in [-0.4, -0.2) is 30.5 Å². The van der Waals surface area contributed by atoms with E-state index in [1.165, 1.54) is 12.1 Å².